The number of ether oxygens (including phenoxy) is 1. The fraction of sp³-hybridized carbons (Fsp3) is 0.500. The third kappa shape index (κ3) is 1.19. The Kier molecular flexibility index (Phi) is 1.98. The van der Waals surface area contributed by atoms with Gasteiger partial charge in [0.2, 0.25) is 0 Å². The van der Waals surface area contributed by atoms with E-state index in [4.69, 9.17) is 10.5 Å². The zero-order chi connectivity index (χ0) is 11.3. The van der Waals surface area contributed by atoms with Crippen LogP contribution in [0.4, 0.5) is 8.78 Å². The molecule has 1 heterocycles. The molecule has 16 heavy (non-hydrogen) atoms. The van der Waals surface area contributed by atoms with Crippen LogP contribution < -0.4 is 10.5 Å². The lowest BCUT2D eigenvalue weighted by Gasteiger charge is -2.16. The Morgan fingerprint density at radius 3 is 2.75 bits per heavy atom. The molecule has 4 heteroatoms. The molecule has 0 spiro atoms. The van der Waals surface area contributed by atoms with E-state index in [2.05, 4.69) is 0 Å². The predicted octanol–water partition coefficient (Wildman–Crippen LogP) is 1.89. The van der Waals surface area contributed by atoms with Gasteiger partial charge in [-0.15, -0.1) is 0 Å². The van der Waals surface area contributed by atoms with E-state index in [1.807, 2.05) is 0 Å². The average molecular weight is 225 g/mol. The van der Waals surface area contributed by atoms with E-state index in [9.17, 15) is 8.78 Å². The maximum atomic E-state index is 14.2. The highest BCUT2D eigenvalue weighted by Gasteiger charge is 2.47. The fourth-order valence-electron chi connectivity index (χ4n) is 2.46. The molecule has 1 fully saturated rings. The molecule has 0 radical (unpaired) electrons. The second-order valence-electron chi connectivity index (χ2n) is 4.61. The van der Waals surface area contributed by atoms with Gasteiger partial charge < -0.3 is 10.5 Å². The molecule has 1 aliphatic heterocycles. The second-order valence-corrected chi connectivity index (χ2v) is 4.61. The molecule has 0 amide bonds. The molecule has 86 valence electrons. The summed E-state index contributed by atoms with van der Waals surface area (Å²) in [5, 5.41) is 0. The first kappa shape index (κ1) is 10.0. The van der Waals surface area contributed by atoms with Crippen molar-refractivity contribution in [1.29, 1.82) is 0 Å². The summed E-state index contributed by atoms with van der Waals surface area (Å²) < 4.78 is 33.2. The Morgan fingerprint density at radius 1 is 1.38 bits per heavy atom. The van der Waals surface area contributed by atoms with E-state index in [-0.39, 0.29) is 5.56 Å². The summed E-state index contributed by atoms with van der Waals surface area (Å²) >= 11 is 0. The molecule has 1 aromatic rings. The van der Waals surface area contributed by atoms with Crippen molar-refractivity contribution in [3.8, 4) is 5.75 Å². The zero-order valence-corrected chi connectivity index (χ0v) is 8.85. The summed E-state index contributed by atoms with van der Waals surface area (Å²) in [6, 6.07) is 1.30. The van der Waals surface area contributed by atoms with Crippen LogP contribution in [-0.4, -0.2) is 13.2 Å². The van der Waals surface area contributed by atoms with Crippen LogP contribution in [-0.2, 0) is 11.8 Å². The van der Waals surface area contributed by atoms with E-state index in [1.54, 1.807) is 0 Å². The normalized spacial score (nSPS) is 20.4. The number of fused-ring (bicyclic) bond motifs is 1. The summed E-state index contributed by atoms with van der Waals surface area (Å²) in [5.74, 6) is -0.594. The molecule has 2 N–H and O–H groups in total. The summed E-state index contributed by atoms with van der Waals surface area (Å²) in [5.41, 5.74) is 5.86. The minimum absolute atomic E-state index is 0.180. The molecule has 1 aromatic carbocycles. The molecule has 0 bridgehead atoms. The first-order valence-corrected chi connectivity index (χ1v) is 5.52. The second kappa shape index (κ2) is 3.17. The van der Waals surface area contributed by atoms with Crippen molar-refractivity contribution in [3.63, 3.8) is 0 Å². The highest BCUT2D eigenvalue weighted by Crippen LogP contribution is 2.50. The highest BCUT2D eigenvalue weighted by atomic mass is 19.1. The van der Waals surface area contributed by atoms with Gasteiger partial charge in [0.15, 0.2) is 0 Å². The van der Waals surface area contributed by atoms with Gasteiger partial charge in [-0.3, -0.25) is 0 Å². The summed E-state index contributed by atoms with van der Waals surface area (Å²) in [4.78, 5) is 0. The van der Waals surface area contributed by atoms with Crippen molar-refractivity contribution < 1.29 is 13.5 Å². The maximum absolute atomic E-state index is 14.2. The van der Waals surface area contributed by atoms with Crippen molar-refractivity contribution >= 4 is 0 Å². The van der Waals surface area contributed by atoms with E-state index in [0.717, 1.165) is 12.8 Å². The number of hydrogen-bond donors (Lipinski definition) is 1. The number of nitrogens with two attached hydrogens (primary N) is 1. The van der Waals surface area contributed by atoms with Gasteiger partial charge in [0.05, 0.1) is 6.61 Å². The Morgan fingerprint density at radius 2 is 2.12 bits per heavy atom. The fourth-order valence-corrected chi connectivity index (χ4v) is 2.46. The summed E-state index contributed by atoms with van der Waals surface area (Å²) in [7, 11) is 0. The number of hydrogen-bond acceptors (Lipinski definition) is 2. The van der Waals surface area contributed by atoms with Crippen LogP contribution in [0.3, 0.4) is 0 Å². The molecule has 0 atom stereocenters. The van der Waals surface area contributed by atoms with Gasteiger partial charge in [-0.05, 0) is 12.8 Å². The molecule has 2 aliphatic rings. The summed E-state index contributed by atoms with van der Waals surface area (Å²) in [6.45, 7) is 0.741. The predicted molar refractivity (Wildman–Crippen MR) is 55.5 cm³/mol. The lowest BCUT2D eigenvalue weighted by atomic mass is 9.92. The molecular formula is C12H13F2NO. The van der Waals surface area contributed by atoms with Crippen LogP contribution >= 0.6 is 0 Å². The van der Waals surface area contributed by atoms with Gasteiger partial charge in [-0.1, -0.05) is 0 Å². The van der Waals surface area contributed by atoms with Gasteiger partial charge in [-0.25, -0.2) is 8.78 Å². The van der Waals surface area contributed by atoms with Gasteiger partial charge in [0, 0.05) is 35.6 Å². The van der Waals surface area contributed by atoms with Crippen LogP contribution in [0.2, 0.25) is 0 Å². The standard InChI is InChI=1S/C12H13F2NO/c13-8-5-9-7(1-4-16-9)11(14)10(8)12(6-15)2-3-12/h5H,1-4,6,15H2. The molecule has 0 aromatic heterocycles. The first-order valence-electron chi connectivity index (χ1n) is 5.52. The molecule has 3 rings (SSSR count). The molecule has 0 unspecified atom stereocenters. The van der Waals surface area contributed by atoms with Crippen molar-refractivity contribution in [1.82, 2.24) is 0 Å². The van der Waals surface area contributed by atoms with Crippen molar-refractivity contribution in [3.05, 3.63) is 28.8 Å². The monoisotopic (exact) mass is 225 g/mol. The van der Waals surface area contributed by atoms with Gasteiger partial charge in [0.25, 0.3) is 0 Å². The third-order valence-electron chi connectivity index (χ3n) is 3.66. The van der Waals surface area contributed by atoms with E-state index >= 15 is 0 Å². The van der Waals surface area contributed by atoms with Crippen LogP contribution in [0.25, 0.3) is 0 Å². The third-order valence-corrected chi connectivity index (χ3v) is 3.66. The van der Waals surface area contributed by atoms with Crippen LogP contribution in [0, 0.1) is 11.6 Å². The summed E-state index contributed by atoms with van der Waals surface area (Å²) in [6.07, 6.45) is 2.07. The Bertz CT molecular complexity index is 455. The van der Waals surface area contributed by atoms with Crippen molar-refractivity contribution in [2.24, 2.45) is 5.73 Å². The lowest BCUT2D eigenvalue weighted by molar-refractivity contribution is 0.354. The van der Waals surface area contributed by atoms with E-state index in [0.29, 0.717) is 30.9 Å². The Balaban J connectivity index is 2.19. The molecular weight excluding hydrogens is 212 g/mol. The molecule has 2 nitrogen and oxygen atoms in total. The average Bonchev–Trinajstić information content (AvgIpc) is 2.89. The largest absolute Gasteiger partial charge is 0.493 e. The zero-order valence-electron chi connectivity index (χ0n) is 8.85. The topological polar surface area (TPSA) is 35.2 Å². The smallest absolute Gasteiger partial charge is 0.136 e. The van der Waals surface area contributed by atoms with Gasteiger partial charge in [0.1, 0.15) is 17.4 Å². The van der Waals surface area contributed by atoms with Gasteiger partial charge >= 0.3 is 0 Å². The van der Waals surface area contributed by atoms with Crippen LogP contribution in [0.1, 0.15) is 24.0 Å². The number of benzene rings is 1. The highest BCUT2D eigenvalue weighted by molar-refractivity contribution is 5.47. The molecule has 0 saturated heterocycles. The number of rotatable bonds is 2. The van der Waals surface area contributed by atoms with Crippen molar-refractivity contribution in [2.45, 2.75) is 24.7 Å². The first-order chi connectivity index (χ1) is 7.68. The van der Waals surface area contributed by atoms with E-state index in [1.165, 1.54) is 6.07 Å². The Hall–Kier alpha value is -1.16. The quantitative estimate of drug-likeness (QED) is 0.834. The lowest BCUT2D eigenvalue weighted by Crippen LogP contribution is -2.23. The van der Waals surface area contributed by atoms with Crippen LogP contribution in [0.15, 0.2) is 6.07 Å². The van der Waals surface area contributed by atoms with Crippen LogP contribution in [0.5, 0.6) is 5.75 Å². The SMILES string of the molecule is NCC1(c2c(F)cc3c(c2F)CCO3)CC1. The molecule has 1 aliphatic carbocycles. The minimum atomic E-state index is -0.513. The maximum Gasteiger partial charge on any atom is 0.136 e. The number of halogens is 2. The van der Waals surface area contributed by atoms with E-state index < -0.39 is 17.0 Å². The minimum Gasteiger partial charge on any atom is -0.493 e. The van der Waals surface area contributed by atoms with Crippen molar-refractivity contribution in [2.75, 3.05) is 13.2 Å². The Labute approximate surface area is 92.4 Å². The molecule has 1 saturated carbocycles. The van der Waals surface area contributed by atoms with Gasteiger partial charge in [-0.2, -0.15) is 0 Å².